The number of hydrogen-bond donors (Lipinski definition) is 1. The molecule has 3 aromatic heterocycles. The van der Waals surface area contributed by atoms with Crippen molar-refractivity contribution in [2.45, 2.75) is 25.7 Å². The van der Waals surface area contributed by atoms with E-state index in [1.165, 1.54) is 27.6 Å². The molecular formula is C28H26N4O2S. The Morgan fingerprint density at radius 1 is 0.943 bits per heavy atom. The summed E-state index contributed by atoms with van der Waals surface area (Å²) in [5, 5.41) is 4.75. The van der Waals surface area contributed by atoms with Crippen LogP contribution in [0.3, 0.4) is 0 Å². The van der Waals surface area contributed by atoms with Gasteiger partial charge in [-0.15, -0.1) is 11.3 Å². The van der Waals surface area contributed by atoms with Crippen molar-refractivity contribution in [3.8, 4) is 22.8 Å². The van der Waals surface area contributed by atoms with Gasteiger partial charge in [-0.05, 0) is 54.5 Å². The van der Waals surface area contributed by atoms with E-state index in [1.807, 2.05) is 12.1 Å². The summed E-state index contributed by atoms with van der Waals surface area (Å²) >= 11 is 1.69. The summed E-state index contributed by atoms with van der Waals surface area (Å²) in [6, 6.07) is 16.6. The normalized spacial score (nSPS) is 12.7. The molecular weight excluding hydrogens is 456 g/mol. The van der Waals surface area contributed by atoms with Crippen LogP contribution >= 0.6 is 11.3 Å². The topological polar surface area (TPSA) is 69.2 Å². The second-order valence-corrected chi connectivity index (χ2v) is 9.68. The van der Waals surface area contributed by atoms with E-state index in [0.717, 1.165) is 70.3 Å². The van der Waals surface area contributed by atoms with Gasteiger partial charge in [0.25, 0.3) is 0 Å². The lowest BCUT2D eigenvalue weighted by Gasteiger charge is -2.10. The van der Waals surface area contributed by atoms with Crippen LogP contribution in [0.15, 0.2) is 54.9 Å². The van der Waals surface area contributed by atoms with Gasteiger partial charge in [0, 0.05) is 17.5 Å². The molecule has 0 saturated heterocycles. The summed E-state index contributed by atoms with van der Waals surface area (Å²) in [5.74, 6) is 2.35. The Kier molecular flexibility index (Phi) is 5.70. The molecule has 0 saturated carbocycles. The number of nitrogens with zero attached hydrogens (tertiary/aromatic N) is 3. The fourth-order valence-electron chi connectivity index (χ4n) is 5.02. The lowest BCUT2D eigenvalue weighted by molar-refractivity contribution is 0.354. The molecule has 1 aliphatic rings. The van der Waals surface area contributed by atoms with Gasteiger partial charge in [-0.3, -0.25) is 0 Å². The number of aromatic nitrogens is 3. The highest BCUT2D eigenvalue weighted by Gasteiger charge is 2.24. The third-order valence-corrected chi connectivity index (χ3v) is 7.75. The lowest BCUT2D eigenvalue weighted by atomic mass is 10.0. The molecule has 0 fully saturated rings. The first-order chi connectivity index (χ1) is 17.3. The number of pyridine rings is 1. The quantitative estimate of drug-likeness (QED) is 0.304. The molecule has 0 aliphatic heterocycles. The Morgan fingerprint density at radius 3 is 2.60 bits per heavy atom. The van der Waals surface area contributed by atoms with Crippen LogP contribution in [0.4, 0.5) is 5.82 Å². The zero-order valence-electron chi connectivity index (χ0n) is 19.8. The van der Waals surface area contributed by atoms with Gasteiger partial charge in [0.05, 0.1) is 30.1 Å². The van der Waals surface area contributed by atoms with E-state index in [0.29, 0.717) is 0 Å². The molecule has 0 bridgehead atoms. The van der Waals surface area contributed by atoms with Crippen LogP contribution in [0, 0.1) is 0 Å². The predicted octanol–water partition coefficient (Wildman–Crippen LogP) is 6.07. The SMILES string of the molecule is COc1ccc(CCNc2ncnc3c2sc2nc(-c4ccccc4)c4c(c23)CCC4)cc1OC. The fraction of sp³-hybridized carbons (Fsp3) is 0.250. The first kappa shape index (κ1) is 21.8. The highest BCUT2D eigenvalue weighted by atomic mass is 32.1. The number of hydrogen-bond acceptors (Lipinski definition) is 7. The van der Waals surface area contributed by atoms with Gasteiger partial charge in [0.15, 0.2) is 11.5 Å². The monoisotopic (exact) mass is 482 g/mol. The van der Waals surface area contributed by atoms with Gasteiger partial charge in [-0.1, -0.05) is 36.4 Å². The highest BCUT2D eigenvalue weighted by molar-refractivity contribution is 7.26. The standard InChI is InChI=1S/C28H26N4O2S/c1-33-21-12-11-17(15-22(21)34-2)13-14-29-27-26-25(30-16-31-27)23-19-9-6-10-20(19)24(32-28(23)35-26)18-7-4-3-5-8-18/h3-5,7-8,11-12,15-16H,6,9-10,13-14H2,1-2H3,(H,29,30,31). The number of rotatable bonds is 7. The molecule has 0 spiro atoms. The van der Waals surface area contributed by atoms with Crippen LogP contribution in [-0.2, 0) is 19.3 Å². The highest BCUT2D eigenvalue weighted by Crippen LogP contribution is 2.43. The first-order valence-electron chi connectivity index (χ1n) is 11.9. The van der Waals surface area contributed by atoms with Gasteiger partial charge in [0.1, 0.15) is 17.0 Å². The molecule has 3 heterocycles. The molecule has 35 heavy (non-hydrogen) atoms. The number of fused-ring (bicyclic) bond motifs is 5. The van der Waals surface area contributed by atoms with Crippen molar-refractivity contribution in [3.63, 3.8) is 0 Å². The Hall–Kier alpha value is -3.71. The molecule has 5 aromatic rings. The van der Waals surface area contributed by atoms with E-state index < -0.39 is 0 Å². The van der Waals surface area contributed by atoms with E-state index in [4.69, 9.17) is 19.4 Å². The van der Waals surface area contributed by atoms with E-state index in [1.54, 1.807) is 31.9 Å². The third kappa shape index (κ3) is 3.86. The van der Waals surface area contributed by atoms with Gasteiger partial charge in [-0.2, -0.15) is 0 Å². The van der Waals surface area contributed by atoms with E-state index in [-0.39, 0.29) is 0 Å². The van der Waals surface area contributed by atoms with Crippen molar-refractivity contribution in [1.29, 1.82) is 0 Å². The second-order valence-electron chi connectivity index (χ2n) is 8.69. The number of ether oxygens (including phenoxy) is 2. The fourth-order valence-corrected chi connectivity index (χ4v) is 6.15. The predicted molar refractivity (Wildman–Crippen MR) is 142 cm³/mol. The number of benzene rings is 2. The average molecular weight is 483 g/mol. The number of anilines is 1. The van der Waals surface area contributed by atoms with Crippen LogP contribution < -0.4 is 14.8 Å². The molecule has 0 amide bonds. The molecule has 2 aromatic carbocycles. The Labute approximate surface area is 208 Å². The van der Waals surface area contributed by atoms with Crippen LogP contribution in [0.5, 0.6) is 11.5 Å². The zero-order valence-corrected chi connectivity index (χ0v) is 20.6. The molecule has 0 radical (unpaired) electrons. The minimum Gasteiger partial charge on any atom is -0.493 e. The largest absolute Gasteiger partial charge is 0.493 e. The maximum Gasteiger partial charge on any atom is 0.160 e. The second kappa shape index (κ2) is 9.15. The molecule has 6 rings (SSSR count). The van der Waals surface area contributed by atoms with E-state index >= 15 is 0 Å². The summed E-state index contributed by atoms with van der Waals surface area (Å²) in [6.45, 7) is 0.747. The first-order valence-corrected chi connectivity index (χ1v) is 12.7. The van der Waals surface area contributed by atoms with Crippen LogP contribution in [0.2, 0.25) is 0 Å². The van der Waals surface area contributed by atoms with Gasteiger partial charge >= 0.3 is 0 Å². The van der Waals surface area contributed by atoms with Crippen LogP contribution in [0.1, 0.15) is 23.1 Å². The van der Waals surface area contributed by atoms with Crippen molar-refractivity contribution in [1.82, 2.24) is 15.0 Å². The minimum absolute atomic E-state index is 0.738. The average Bonchev–Trinajstić information content (AvgIpc) is 3.53. The van der Waals surface area contributed by atoms with Crippen molar-refractivity contribution >= 4 is 37.6 Å². The molecule has 6 nitrogen and oxygen atoms in total. The van der Waals surface area contributed by atoms with E-state index in [9.17, 15) is 0 Å². The summed E-state index contributed by atoms with van der Waals surface area (Å²) in [5.41, 5.74) is 7.28. The molecule has 0 atom stereocenters. The summed E-state index contributed by atoms with van der Waals surface area (Å²) in [6.07, 6.45) is 5.81. The molecule has 0 unspecified atom stereocenters. The van der Waals surface area contributed by atoms with Crippen molar-refractivity contribution in [2.24, 2.45) is 0 Å². The maximum atomic E-state index is 5.44. The zero-order chi connectivity index (χ0) is 23.8. The van der Waals surface area contributed by atoms with Crippen molar-refractivity contribution in [2.75, 3.05) is 26.1 Å². The Morgan fingerprint density at radius 2 is 1.77 bits per heavy atom. The minimum atomic E-state index is 0.738. The number of methoxy groups -OCH3 is 2. The third-order valence-electron chi connectivity index (χ3n) is 6.67. The molecule has 1 N–H and O–H groups in total. The summed E-state index contributed by atoms with van der Waals surface area (Å²) in [7, 11) is 3.31. The lowest BCUT2D eigenvalue weighted by Crippen LogP contribution is -2.07. The van der Waals surface area contributed by atoms with Crippen LogP contribution in [0.25, 0.3) is 31.7 Å². The Balaban J connectivity index is 1.34. The Bertz CT molecular complexity index is 1530. The van der Waals surface area contributed by atoms with Crippen molar-refractivity contribution in [3.05, 3.63) is 71.5 Å². The number of nitrogens with one attached hydrogen (secondary N) is 1. The maximum absolute atomic E-state index is 5.44. The molecule has 7 heteroatoms. The van der Waals surface area contributed by atoms with Gasteiger partial charge in [0.2, 0.25) is 0 Å². The number of thiophene rings is 1. The summed E-state index contributed by atoms with van der Waals surface area (Å²) in [4.78, 5) is 15.5. The van der Waals surface area contributed by atoms with Crippen molar-refractivity contribution < 1.29 is 9.47 Å². The molecule has 1 aliphatic carbocycles. The van der Waals surface area contributed by atoms with E-state index in [2.05, 4.69) is 46.7 Å². The van der Waals surface area contributed by atoms with Crippen LogP contribution in [-0.4, -0.2) is 35.7 Å². The smallest absolute Gasteiger partial charge is 0.160 e. The molecule has 176 valence electrons. The van der Waals surface area contributed by atoms with Gasteiger partial charge < -0.3 is 14.8 Å². The van der Waals surface area contributed by atoms with Gasteiger partial charge in [-0.25, -0.2) is 15.0 Å². The number of aryl methyl sites for hydroxylation is 1. The summed E-state index contributed by atoms with van der Waals surface area (Å²) < 4.78 is 11.9.